The molecule has 0 aliphatic rings. The van der Waals surface area contributed by atoms with Crippen molar-refractivity contribution < 1.29 is 19.7 Å². The number of carboxylic acid groups (broad SMARTS) is 1. The summed E-state index contributed by atoms with van der Waals surface area (Å²) in [6.07, 6.45) is 2.82. The van der Waals surface area contributed by atoms with Crippen molar-refractivity contribution in [2.45, 2.75) is 33.2 Å². The van der Waals surface area contributed by atoms with Gasteiger partial charge >= 0.3 is 5.97 Å². The van der Waals surface area contributed by atoms with E-state index in [1.54, 1.807) is 26.0 Å². The van der Waals surface area contributed by atoms with Gasteiger partial charge in [0.2, 0.25) is 0 Å². The van der Waals surface area contributed by atoms with Crippen molar-refractivity contribution in [1.29, 1.82) is 0 Å². The normalized spacial score (nSPS) is 11.2. The molecule has 22 heavy (non-hydrogen) atoms. The Morgan fingerprint density at radius 2 is 2.14 bits per heavy atom. The maximum Gasteiger partial charge on any atom is 0.309 e. The van der Waals surface area contributed by atoms with Crippen LogP contribution in [0.25, 0.3) is 0 Å². The minimum atomic E-state index is -0.797. The molecular formula is C17H25NO4. The van der Waals surface area contributed by atoms with E-state index < -0.39 is 11.4 Å². The average molecular weight is 307 g/mol. The number of hydrogen-bond donors (Lipinski definition) is 3. The predicted octanol–water partition coefficient (Wildman–Crippen LogP) is 2.72. The summed E-state index contributed by atoms with van der Waals surface area (Å²) in [5.74, 6) is -0.228. The van der Waals surface area contributed by atoms with Crippen LogP contribution in [-0.2, 0) is 17.8 Å². The molecule has 0 unspecified atom stereocenters. The van der Waals surface area contributed by atoms with Gasteiger partial charge in [-0.2, -0.15) is 0 Å². The van der Waals surface area contributed by atoms with Gasteiger partial charge in [0.15, 0.2) is 11.5 Å². The topological polar surface area (TPSA) is 78.8 Å². The van der Waals surface area contributed by atoms with Crippen LogP contribution in [0.1, 0.15) is 31.4 Å². The molecule has 0 atom stereocenters. The van der Waals surface area contributed by atoms with Crippen LogP contribution >= 0.6 is 0 Å². The minimum Gasteiger partial charge on any atom is -0.504 e. The molecule has 0 saturated carbocycles. The van der Waals surface area contributed by atoms with Crippen molar-refractivity contribution in [2.75, 3.05) is 13.7 Å². The summed E-state index contributed by atoms with van der Waals surface area (Å²) in [6.45, 7) is 8.28. The average Bonchev–Trinajstić information content (AvgIpc) is 2.46. The molecule has 1 aromatic carbocycles. The molecule has 1 rings (SSSR count). The van der Waals surface area contributed by atoms with Gasteiger partial charge < -0.3 is 20.3 Å². The Labute approximate surface area is 131 Å². The largest absolute Gasteiger partial charge is 0.504 e. The Balaban J connectivity index is 2.68. The molecule has 1 aromatic rings. The van der Waals surface area contributed by atoms with E-state index in [-0.39, 0.29) is 5.75 Å². The minimum absolute atomic E-state index is 0.137. The monoisotopic (exact) mass is 307 g/mol. The lowest BCUT2D eigenvalue weighted by atomic mass is 9.90. The highest BCUT2D eigenvalue weighted by atomic mass is 16.5. The van der Waals surface area contributed by atoms with E-state index in [0.29, 0.717) is 31.7 Å². The molecule has 0 spiro atoms. The molecular weight excluding hydrogens is 282 g/mol. The van der Waals surface area contributed by atoms with Crippen LogP contribution in [0.15, 0.2) is 24.8 Å². The summed E-state index contributed by atoms with van der Waals surface area (Å²) in [5, 5.41) is 22.3. The van der Waals surface area contributed by atoms with Crippen LogP contribution in [0.4, 0.5) is 0 Å². The van der Waals surface area contributed by atoms with Crippen LogP contribution in [0.3, 0.4) is 0 Å². The number of phenols is 1. The van der Waals surface area contributed by atoms with Crippen molar-refractivity contribution in [2.24, 2.45) is 5.41 Å². The van der Waals surface area contributed by atoms with Gasteiger partial charge in [0, 0.05) is 12.1 Å². The van der Waals surface area contributed by atoms with Gasteiger partial charge in [-0.3, -0.25) is 4.79 Å². The summed E-state index contributed by atoms with van der Waals surface area (Å²) in [5.41, 5.74) is 0.991. The number of nitrogens with one attached hydrogen (secondary N) is 1. The third-order valence-corrected chi connectivity index (χ3v) is 3.63. The maximum atomic E-state index is 11.0. The van der Waals surface area contributed by atoms with Gasteiger partial charge in [0.05, 0.1) is 12.5 Å². The number of methoxy groups -OCH3 is 1. The van der Waals surface area contributed by atoms with E-state index in [1.807, 2.05) is 6.07 Å². The zero-order valence-corrected chi connectivity index (χ0v) is 13.5. The summed E-state index contributed by atoms with van der Waals surface area (Å²) >= 11 is 0. The summed E-state index contributed by atoms with van der Waals surface area (Å²) < 4.78 is 5.17. The molecule has 0 aliphatic carbocycles. The molecule has 0 bridgehead atoms. The molecule has 0 amide bonds. The SMILES string of the molecule is C=CCc1cc(CNCCC(C)(C)C(=O)O)cc(OC)c1O. The van der Waals surface area contributed by atoms with Crippen LogP contribution in [0.5, 0.6) is 11.5 Å². The van der Waals surface area contributed by atoms with Crippen molar-refractivity contribution in [3.63, 3.8) is 0 Å². The first-order valence-electron chi connectivity index (χ1n) is 7.25. The van der Waals surface area contributed by atoms with Gasteiger partial charge in [-0.1, -0.05) is 12.1 Å². The van der Waals surface area contributed by atoms with E-state index >= 15 is 0 Å². The number of benzene rings is 1. The number of allylic oxidation sites excluding steroid dienone is 1. The molecule has 0 heterocycles. The van der Waals surface area contributed by atoms with Crippen molar-refractivity contribution in [1.82, 2.24) is 5.32 Å². The summed E-state index contributed by atoms with van der Waals surface area (Å²) in [4.78, 5) is 11.0. The molecule has 0 aliphatic heterocycles. The lowest BCUT2D eigenvalue weighted by molar-refractivity contribution is -0.147. The Hall–Kier alpha value is -2.01. The van der Waals surface area contributed by atoms with Crippen LogP contribution in [0, 0.1) is 5.41 Å². The number of phenolic OH excluding ortho intramolecular Hbond substituents is 1. The highest BCUT2D eigenvalue weighted by molar-refractivity contribution is 5.73. The fourth-order valence-corrected chi connectivity index (χ4v) is 2.04. The van der Waals surface area contributed by atoms with Gasteiger partial charge in [0.1, 0.15) is 0 Å². The van der Waals surface area contributed by atoms with Crippen LogP contribution in [-0.4, -0.2) is 29.8 Å². The Morgan fingerprint density at radius 1 is 1.45 bits per heavy atom. The van der Waals surface area contributed by atoms with Gasteiger partial charge in [-0.15, -0.1) is 6.58 Å². The Morgan fingerprint density at radius 3 is 2.68 bits per heavy atom. The molecule has 0 radical (unpaired) electrons. The lowest BCUT2D eigenvalue weighted by Gasteiger charge is -2.19. The molecule has 3 N–H and O–H groups in total. The van der Waals surface area contributed by atoms with E-state index in [2.05, 4.69) is 11.9 Å². The first kappa shape index (κ1) is 18.0. The zero-order chi connectivity index (χ0) is 16.8. The second kappa shape index (κ2) is 7.84. The van der Waals surface area contributed by atoms with E-state index in [9.17, 15) is 9.90 Å². The van der Waals surface area contributed by atoms with Gasteiger partial charge in [-0.05, 0) is 44.9 Å². The molecule has 0 fully saturated rings. The number of carboxylic acids is 1. The van der Waals surface area contributed by atoms with E-state index in [4.69, 9.17) is 9.84 Å². The number of hydrogen-bond acceptors (Lipinski definition) is 4. The number of aromatic hydroxyl groups is 1. The maximum absolute atomic E-state index is 11.0. The summed E-state index contributed by atoms with van der Waals surface area (Å²) in [7, 11) is 1.51. The molecule has 5 nitrogen and oxygen atoms in total. The highest BCUT2D eigenvalue weighted by Crippen LogP contribution is 2.32. The number of carbonyl (C=O) groups is 1. The van der Waals surface area contributed by atoms with E-state index in [1.165, 1.54) is 7.11 Å². The van der Waals surface area contributed by atoms with Gasteiger partial charge in [-0.25, -0.2) is 0 Å². The molecule has 122 valence electrons. The zero-order valence-electron chi connectivity index (χ0n) is 13.5. The lowest BCUT2D eigenvalue weighted by Crippen LogP contribution is -2.28. The van der Waals surface area contributed by atoms with Crippen LogP contribution in [0.2, 0.25) is 0 Å². The number of ether oxygens (including phenoxy) is 1. The quantitative estimate of drug-likeness (QED) is 0.483. The third kappa shape index (κ3) is 4.77. The predicted molar refractivity (Wildman–Crippen MR) is 86.3 cm³/mol. The molecule has 5 heteroatoms. The van der Waals surface area contributed by atoms with Crippen molar-refractivity contribution in [3.05, 3.63) is 35.9 Å². The third-order valence-electron chi connectivity index (χ3n) is 3.63. The Bertz CT molecular complexity index is 538. The van der Waals surface area contributed by atoms with E-state index in [0.717, 1.165) is 11.1 Å². The van der Waals surface area contributed by atoms with Crippen molar-refractivity contribution in [3.8, 4) is 11.5 Å². The standard InChI is InChI=1S/C17H25NO4/c1-5-6-13-9-12(10-14(22-4)15(13)19)11-18-8-7-17(2,3)16(20)21/h5,9-10,18-19H,1,6-8,11H2,2-4H3,(H,20,21). The second-order valence-corrected chi connectivity index (χ2v) is 5.91. The van der Waals surface area contributed by atoms with Crippen LogP contribution < -0.4 is 10.1 Å². The smallest absolute Gasteiger partial charge is 0.309 e. The number of aliphatic carboxylic acids is 1. The van der Waals surface area contributed by atoms with Crippen molar-refractivity contribution >= 4 is 5.97 Å². The molecule has 0 saturated heterocycles. The Kier molecular flexibility index (Phi) is 6.43. The highest BCUT2D eigenvalue weighted by Gasteiger charge is 2.26. The number of rotatable bonds is 9. The first-order chi connectivity index (χ1) is 10.3. The fraction of sp³-hybridized carbons (Fsp3) is 0.471. The fourth-order valence-electron chi connectivity index (χ4n) is 2.04. The second-order valence-electron chi connectivity index (χ2n) is 5.91. The first-order valence-corrected chi connectivity index (χ1v) is 7.25. The van der Waals surface area contributed by atoms with Gasteiger partial charge in [0.25, 0.3) is 0 Å². The summed E-state index contributed by atoms with van der Waals surface area (Å²) in [6, 6.07) is 3.67. The molecule has 0 aromatic heterocycles.